The number of thiophene rings is 1. The van der Waals surface area contributed by atoms with Crippen molar-refractivity contribution in [3.05, 3.63) is 16.5 Å². The van der Waals surface area contributed by atoms with Crippen molar-refractivity contribution in [1.29, 1.82) is 0 Å². The van der Waals surface area contributed by atoms with E-state index in [-0.39, 0.29) is 11.5 Å². The third-order valence-electron chi connectivity index (χ3n) is 3.52. The van der Waals surface area contributed by atoms with Crippen molar-refractivity contribution in [2.24, 2.45) is 0 Å². The quantitative estimate of drug-likeness (QED) is 0.783. The molecule has 3 heterocycles. The molecule has 1 fully saturated rings. The summed E-state index contributed by atoms with van der Waals surface area (Å²) in [5.74, 6) is -0.761. The van der Waals surface area contributed by atoms with E-state index < -0.39 is 11.6 Å². The Hall–Kier alpha value is -1.48. The molecule has 0 bridgehead atoms. The molecule has 1 saturated heterocycles. The molecule has 1 aromatic rings. The van der Waals surface area contributed by atoms with Crippen LogP contribution in [-0.2, 0) is 9.68 Å². The number of rotatable bonds is 2. The first kappa shape index (κ1) is 12.5. The van der Waals surface area contributed by atoms with E-state index in [1.165, 1.54) is 11.3 Å². The van der Waals surface area contributed by atoms with Gasteiger partial charge in [-0.25, -0.2) is 9.74 Å². The zero-order valence-corrected chi connectivity index (χ0v) is 11.1. The second-order valence-electron chi connectivity index (χ2n) is 4.42. The molecule has 0 spiro atoms. The van der Waals surface area contributed by atoms with E-state index in [1.54, 1.807) is 5.38 Å². The number of nitrogens with zero attached hydrogens (tertiary/aromatic N) is 1. The van der Waals surface area contributed by atoms with Crippen molar-refractivity contribution in [2.75, 3.05) is 12.3 Å². The number of nitrogen functional groups attached to an aromatic ring is 1. The van der Waals surface area contributed by atoms with E-state index in [0.717, 1.165) is 4.90 Å². The summed E-state index contributed by atoms with van der Waals surface area (Å²) in [4.78, 5) is 36.2. The van der Waals surface area contributed by atoms with Crippen LogP contribution in [0.15, 0.2) is 5.38 Å². The summed E-state index contributed by atoms with van der Waals surface area (Å²) >= 11 is 1.20. The molecule has 0 saturated carbocycles. The van der Waals surface area contributed by atoms with Crippen molar-refractivity contribution < 1.29 is 19.3 Å². The number of hydrogen-bond acceptors (Lipinski definition) is 7. The van der Waals surface area contributed by atoms with E-state index >= 15 is 0 Å². The lowest BCUT2D eigenvalue weighted by Crippen LogP contribution is -2.58. The maximum atomic E-state index is 12.4. The molecule has 3 N–H and O–H groups in total. The van der Waals surface area contributed by atoms with Crippen LogP contribution in [0, 0.1) is 0 Å². The standard InChI is InChI=1S/C11H13N3O4S/c1-2-11(3-4-17-13-18-11)14-9(15)6-5-19-8(12)7(6)10(14)16/h5,13H,2-4,12H2,1H3. The number of amides is 2. The van der Waals surface area contributed by atoms with Gasteiger partial charge in [-0.1, -0.05) is 12.6 Å². The highest BCUT2D eigenvalue weighted by Crippen LogP contribution is 2.39. The van der Waals surface area contributed by atoms with E-state index in [1.807, 2.05) is 6.92 Å². The molecule has 2 aliphatic rings. The van der Waals surface area contributed by atoms with Crippen LogP contribution < -0.4 is 11.4 Å². The average Bonchev–Trinajstić information content (AvgIpc) is 2.92. The monoisotopic (exact) mass is 283 g/mol. The van der Waals surface area contributed by atoms with Crippen LogP contribution in [0.4, 0.5) is 5.00 Å². The minimum atomic E-state index is -1.02. The van der Waals surface area contributed by atoms with Gasteiger partial charge >= 0.3 is 0 Å². The summed E-state index contributed by atoms with van der Waals surface area (Å²) in [6.45, 7) is 2.20. The molecule has 102 valence electrons. The first-order valence-corrected chi connectivity index (χ1v) is 6.79. The molecule has 0 aromatic carbocycles. The SMILES string of the molecule is CCC1(N2C(=O)c3csc(N)c3C2=O)CCONO1. The highest BCUT2D eigenvalue weighted by atomic mass is 32.1. The second kappa shape index (κ2) is 4.27. The zero-order valence-electron chi connectivity index (χ0n) is 10.3. The summed E-state index contributed by atoms with van der Waals surface area (Å²) in [6, 6.07) is 0. The van der Waals surface area contributed by atoms with E-state index in [4.69, 9.17) is 15.4 Å². The van der Waals surface area contributed by atoms with Gasteiger partial charge in [-0.2, -0.15) is 0 Å². The lowest BCUT2D eigenvalue weighted by Gasteiger charge is -2.41. The number of nitrogens with two attached hydrogens (primary N) is 1. The number of nitrogens with one attached hydrogen (secondary N) is 1. The fourth-order valence-corrected chi connectivity index (χ4v) is 3.20. The number of anilines is 1. The molecule has 3 rings (SSSR count). The third-order valence-corrected chi connectivity index (χ3v) is 4.33. The van der Waals surface area contributed by atoms with Gasteiger partial charge in [0.2, 0.25) is 0 Å². The third kappa shape index (κ3) is 1.61. The van der Waals surface area contributed by atoms with E-state index in [9.17, 15) is 9.59 Å². The summed E-state index contributed by atoms with van der Waals surface area (Å²) in [5.41, 5.74) is 7.69. The normalized spacial score (nSPS) is 26.9. The van der Waals surface area contributed by atoms with Crippen molar-refractivity contribution in [3.8, 4) is 0 Å². The van der Waals surface area contributed by atoms with Gasteiger partial charge in [-0.05, 0) is 6.42 Å². The summed E-state index contributed by atoms with van der Waals surface area (Å²) < 4.78 is 0. The summed E-state index contributed by atoms with van der Waals surface area (Å²) in [6.07, 6.45) is 0.885. The minimum absolute atomic E-state index is 0.290. The Bertz CT molecular complexity index is 550. The molecule has 1 aromatic heterocycles. The van der Waals surface area contributed by atoms with Gasteiger partial charge in [0.1, 0.15) is 0 Å². The highest BCUT2D eigenvalue weighted by Gasteiger charge is 2.51. The second-order valence-corrected chi connectivity index (χ2v) is 5.33. The van der Waals surface area contributed by atoms with Crippen LogP contribution in [0.25, 0.3) is 0 Å². The van der Waals surface area contributed by atoms with Crippen LogP contribution in [-0.4, -0.2) is 29.0 Å². The first-order valence-electron chi connectivity index (χ1n) is 5.91. The fourth-order valence-electron chi connectivity index (χ4n) is 2.42. The summed E-state index contributed by atoms with van der Waals surface area (Å²) in [7, 11) is 0. The molecule has 0 aliphatic carbocycles. The van der Waals surface area contributed by atoms with Crippen LogP contribution in [0.1, 0.15) is 40.5 Å². The molecule has 8 heteroatoms. The Morgan fingerprint density at radius 3 is 2.89 bits per heavy atom. The molecule has 19 heavy (non-hydrogen) atoms. The summed E-state index contributed by atoms with van der Waals surface area (Å²) in [5, 5.41) is 1.98. The molecular weight excluding hydrogens is 270 g/mol. The van der Waals surface area contributed by atoms with Crippen molar-refractivity contribution in [3.63, 3.8) is 0 Å². The van der Waals surface area contributed by atoms with E-state index in [0.29, 0.717) is 30.0 Å². The average molecular weight is 283 g/mol. The molecule has 7 nitrogen and oxygen atoms in total. The van der Waals surface area contributed by atoms with Gasteiger partial charge < -0.3 is 5.73 Å². The molecule has 1 atom stereocenters. The minimum Gasteiger partial charge on any atom is -0.390 e. The van der Waals surface area contributed by atoms with Gasteiger partial charge in [-0.3, -0.25) is 14.4 Å². The Morgan fingerprint density at radius 2 is 2.32 bits per heavy atom. The largest absolute Gasteiger partial charge is 0.390 e. The number of fused-ring (bicyclic) bond motifs is 1. The molecule has 1 unspecified atom stereocenters. The van der Waals surface area contributed by atoms with Crippen LogP contribution in [0.5, 0.6) is 0 Å². The number of hydrogen-bond donors (Lipinski definition) is 2. The van der Waals surface area contributed by atoms with Gasteiger partial charge in [-0.15, -0.1) is 11.3 Å². The zero-order chi connectivity index (χ0) is 13.6. The maximum Gasteiger partial charge on any atom is 0.266 e. The van der Waals surface area contributed by atoms with Crippen molar-refractivity contribution >= 4 is 28.2 Å². The van der Waals surface area contributed by atoms with Gasteiger partial charge in [0.25, 0.3) is 11.8 Å². The van der Waals surface area contributed by atoms with Gasteiger partial charge in [0, 0.05) is 11.8 Å². The Labute approximate surface area is 113 Å². The Kier molecular flexibility index (Phi) is 2.82. The Balaban J connectivity index is 2.03. The molecule has 2 amide bonds. The lowest BCUT2D eigenvalue weighted by molar-refractivity contribution is -0.309. The van der Waals surface area contributed by atoms with Crippen LogP contribution in [0.2, 0.25) is 0 Å². The molecular formula is C11H13N3O4S. The highest BCUT2D eigenvalue weighted by molar-refractivity contribution is 7.14. The van der Waals surface area contributed by atoms with Crippen molar-refractivity contribution in [1.82, 2.24) is 10.5 Å². The molecule has 2 aliphatic heterocycles. The van der Waals surface area contributed by atoms with E-state index in [2.05, 4.69) is 5.64 Å². The topological polar surface area (TPSA) is 93.9 Å². The number of carbonyl (C=O) groups is 2. The van der Waals surface area contributed by atoms with Crippen LogP contribution >= 0.6 is 11.3 Å². The lowest BCUT2D eigenvalue weighted by atomic mass is 10.0. The maximum absolute atomic E-state index is 12.4. The number of carbonyl (C=O) groups excluding carboxylic acids is 2. The van der Waals surface area contributed by atoms with Gasteiger partial charge in [0.15, 0.2) is 5.72 Å². The smallest absolute Gasteiger partial charge is 0.266 e. The Morgan fingerprint density at radius 1 is 1.53 bits per heavy atom. The number of imide groups is 1. The fraction of sp³-hybridized carbons (Fsp3) is 0.455. The van der Waals surface area contributed by atoms with Gasteiger partial charge in [0.05, 0.1) is 22.7 Å². The van der Waals surface area contributed by atoms with Crippen LogP contribution in [0.3, 0.4) is 0 Å². The van der Waals surface area contributed by atoms with Crippen molar-refractivity contribution in [2.45, 2.75) is 25.5 Å². The molecule has 0 radical (unpaired) electrons. The predicted molar refractivity (Wildman–Crippen MR) is 67.0 cm³/mol. The predicted octanol–water partition coefficient (Wildman–Crippen LogP) is 0.889. The first-order chi connectivity index (χ1) is 9.10.